The zero-order chi connectivity index (χ0) is 12.5. The van der Waals surface area contributed by atoms with Gasteiger partial charge in [0, 0.05) is 15.5 Å². The van der Waals surface area contributed by atoms with E-state index in [1.165, 1.54) is 12.1 Å². The molecule has 1 aromatic rings. The summed E-state index contributed by atoms with van der Waals surface area (Å²) in [5, 5.41) is 2.77. The van der Waals surface area contributed by atoms with Crippen LogP contribution >= 0.6 is 22.6 Å². The number of halogens is 2. The van der Waals surface area contributed by atoms with Gasteiger partial charge in [-0.2, -0.15) is 0 Å². The molecule has 0 heterocycles. The third kappa shape index (κ3) is 3.16. The van der Waals surface area contributed by atoms with Gasteiger partial charge in [0.25, 0.3) is 0 Å². The van der Waals surface area contributed by atoms with E-state index in [0.717, 1.165) is 19.3 Å². The lowest BCUT2D eigenvalue weighted by atomic mass is 9.75. The highest BCUT2D eigenvalue weighted by atomic mass is 127. The third-order valence-electron chi connectivity index (χ3n) is 3.07. The maximum atomic E-state index is 12.9. The van der Waals surface area contributed by atoms with Crippen molar-refractivity contribution in [1.82, 2.24) is 0 Å². The molecular weight excluding hydrogens is 334 g/mol. The molecule has 0 aliphatic heterocycles. The first-order valence-corrected chi connectivity index (χ1v) is 6.60. The Labute approximate surface area is 113 Å². The Hall–Kier alpha value is -0.690. The number of nitrogens with two attached hydrogens (primary N) is 1. The summed E-state index contributed by atoms with van der Waals surface area (Å²) in [7, 11) is 0. The van der Waals surface area contributed by atoms with E-state index in [1.54, 1.807) is 6.07 Å². The minimum Gasteiger partial charge on any atom is -0.325 e. The van der Waals surface area contributed by atoms with Crippen LogP contribution < -0.4 is 11.1 Å². The Kier molecular flexibility index (Phi) is 3.67. The van der Waals surface area contributed by atoms with Crippen LogP contribution in [0.5, 0.6) is 0 Å². The minimum atomic E-state index is -0.324. The summed E-state index contributed by atoms with van der Waals surface area (Å²) < 4.78 is 13.6. The number of carbonyl (C=O) groups excluding carboxylic acids is 1. The second kappa shape index (κ2) is 4.89. The molecule has 1 saturated carbocycles. The molecule has 0 unspecified atom stereocenters. The molecule has 0 saturated heterocycles. The quantitative estimate of drug-likeness (QED) is 0.826. The van der Waals surface area contributed by atoms with E-state index < -0.39 is 0 Å². The average molecular weight is 348 g/mol. The van der Waals surface area contributed by atoms with Crippen LogP contribution in [0.4, 0.5) is 10.1 Å². The maximum Gasteiger partial charge on any atom is 0.226 e. The monoisotopic (exact) mass is 348 g/mol. The average Bonchev–Trinajstić information content (AvgIpc) is 2.20. The molecule has 17 heavy (non-hydrogen) atoms. The van der Waals surface area contributed by atoms with Gasteiger partial charge in [-0.1, -0.05) is 0 Å². The molecule has 0 atom stereocenters. The molecule has 0 radical (unpaired) electrons. The first-order valence-electron chi connectivity index (χ1n) is 5.52. The van der Waals surface area contributed by atoms with Gasteiger partial charge in [-0.25, -0.2) is 4.39 Å². The third-order valence-corrected chi connectivity index (χ3v) is 3.96. The Bertz CT molecular complexity index is 446. The van der Waals surface area contributed by atoms with E-state index in [0.29, 0.717) is 15.7 Å². The lowest BCUT2D eigenvalue weighted by molar-refractivity contribution is -0.118. The van der Waals surface area contributed by atoms with E-state index >= 15 is 0 Å². The molecule has 1 aliphatic rings. The second-order valence-electron chi connectivity index (χ2n) is 4.57. The zero-order valence-corrected chi connectivity index (χ0v) is 11.5. The summed E-state index contributed by atoms with van der Waals surface area (Å²) in [6, 6.07) is 4.29. The lowest BCUT2D eigenvalue weighted by Crippen LogP contribution is -2.48. The van der Waals surface area contributed by atoms with Crippen molar-refractivity contribution in [3.8, 4) is 0 Å². The Morgan fingerprint density at radius 3 is 2.76 bits per heavy atom. The van der Waals surface area contributed by atoms with Crippen LogP contribution in [0.1, 0.15) is 25.7 Å². The molecule has 1 aromatic carbocycles. The molecule has 5 heteroatoms. The van der Waals surface area contributed by atoms with Gasteiger partial charge in [0.15, 0.2) is 0 Å². The fourth-order valence-corrected chi connectivity index (χ4v) is 2.52. The Morgan fingerprint density at radius 1 is 1.53 bits per heavy atom. The topological polar surface area (TPSA) is 55.1 Å². The van der Waals surface area contributed by atoms with Gasteiger partial charge < -0.3 is 11.1 Å². The molecular formula is C12H14FIN2O. The molecule has 2 rings (SSSR count). The number of amides is 1. The van der Waals surface area contributed by atoms with Crippen molar-refractivity contribution in [1.29, 1.82) is 0 Å². The Balaban J connectivity index is 1.98. The normalized spacial score (nSPS) is 17.4. The van der Waals surface area contributed by atoms with Crippen molar-refractivity contribution in [3.63, 3.8) is 0 Å². The lowest BCUT2D eigenvalue weighted by Gasteiger charge is -2.37. The maximum absolute atomic E-state index is 12.9. The molecule has 0 aromatic heterocycles. The van der Waals surface area contributed by atoms with Crippen LogP contribution in [0.3, 0.4) is 0 Å². The molecule has 3 N–H and O–H groups in total. The summed E-state index contributed by atoms with van der Waals surface area (Å²) in [6.45, 7) is 0. The summed E-state index contributed by atoms with van der Waals surface area (Å²) in [5.41, 5.74) is 6.31. The van der Waals surface area contributed by atoms with Crippen molar-refractivity contribution in [2.24, 2.45) is 5.73 Å². The SMILES string of the molecule is NC1(CC(=O)Nc2ccc(F)cc2I)CCC1. The highest BCUT2D eigenvalue weighted by Crippen LogP contribution is 2.32. The van der Waals surface area contributed by atoms with Crippen LogP contribution in [0, 0.1) is 9.39 Å². The standard InChI is InChI=1S/C12H14FIN2O/c13-8-2-3-10(9(14)6-8)16-11(17)7-12(15)4-1-5-12/h2-3,6H,1,4-5,7,15H2,(H,16,17). The first kappa shape index (κ1) is 12.8. The first-order chi connectivity index (χ1) is 7.98. The van der Waals surface area contributed by atoms with Gasteiger partial charge in [-0.05, 0) is 60.1 Å². The van der Waals surface area contributed by atoms with Gasteiger partial charge in [-0.15, -0.1) is 0 Å². The molecule has 3 nitrogen and oxygen atoms in total. The Morgan fingerprint density at radius 2 is 2.24 bits per heavy atom. The fraction of sp³-hybridized carbons (Fsp3) is 0.417. The van der Waals surface area contributed by atoms with Gasteiger partial charge in [0.2, 0.25) is 5.91 Å². The molecule has 92 valence electrons. The van der Waals surface area contributed by atoms with E-state index in [-0.39, 0.29) is 17.3 Å². The number of hydrogen-bond donors (Lipinski definition) is 2. The van der Waals surface area contributed by atoms with E-state index in [2.05, 4.69) is 5.32 Å². The van der Waals surface area contributed by atoms with Gasteiger partial charge >= 0.3 is 0 Å². The van der Waals surface area contributed by atoms with Crippen LogP contribution in [-0.2, 0) is 4.79 Å². The number of rotatable bonds is 3. The van der Waals surface area contributed by atoms with E-state index in [9.17, 15) is 9.18 Å². The largest absolute Gasteiger partial charge is 0.325 e. The summed E-state index contributed by atoms with van der Waals surface area (Å²) >= 11 is 1.99. The molecule has 1 fully saturated rings. The molecule has 1 aliphatic carbocycles. The summed E-state index contributed by atoms with van der Waals surface area (Å²) in [6.07, 6.45) is 3.24. The van der Waals surface area contributed by atoms with Crippen LogP contribution in [0.15, 0.2) is 18.2 Å². The summed E-state index contributed by atoms with van der Waals surface area (Å²) in [5.74, 6) is -0.404. The van der Waals surface area contributed by atoms with E-state index in [4.69, 9.17) is 5.73 Å². The number of hydrogen-bond acceptors (Lipinski definition) is 2. The highest BCUT2D eigenvalue weighted by molar-refractivity contribution is 14.1. The molecule has 0 bridgehead atoms. The predicted molar refractivity (Wildman–Crippen MR) is 73.1 cm³/mol. The highest BCUT2D eigenvalue weighted by Gasteiger charge is 2.34. The van der Waals surface area contributed by atoms with Crippen molar-refractivity contribution in [2.45, 2.75) is 31.2 Å². The van der Waals surface area contributed by atoms with Crippen LogP contribution in [0.25, 0.3) is 0 Å². The van der Waals surface area contributed by atoms with Crippen molar-refractivity contribution >= 4 is 34.2 Å². The predicted octanol–water partition coefficient (Wildman–Crippen LogP) is 2.64. The number of benzene rings is 1. The number of nitrogens with one attached hydrogen (secondary N) is 1. The van der Waals surface area contributed by atoms with Gasteiger partial charge in [0.05, 0.1) is 5.69 Å². The van der Waals surface area contributed by atoms with Crippen molar-refractivity contribution in [2.75, 3.05) is 5.32 Å². The molecule has 1 amide bonds. The zero-order valence-electron chi connectivity index (χ0n) is 9.30. The number of carbonyl (C=O) groups is 1. The fourth-order valence-electron chi connectivity index (χ4n) is 1.91. The summed E-state index contributed by atoms with van der Waals surface area (Å²) in [4.78, 5) is 11.8. The van der Waals surface area contributed by atoms with Gasteiger partial charge in [-0.3, -0.25) is 4.79 Å². The smallest absolute Gasteiger partial charge is 0.226 e. The minimum absolute atomic E-state index is 0.100. The van der Waals surface area contributed by atoms with Crippen LogP contribution in [0.2, 0.25) is 0 Å². The van der Waals surface area contributed by atoms with Gasteiger partial charge in [0.1, 0.15) is 5.82 Å². The van der Waals surface area contributed by atoms with Crippen LogP contribution in [-0.4, -0.2) is 11.4 Å². The van der Waals surface area contributed by atoms with E-state index in [1.807, 2.05) is 22.6 Å². The number of anilines is 1. The second-order valence-corrected chi connectivity index (χ2v) is 5.73. The van der Waals surface area contributed by atoms with Crippen molar-refractivity contribution < 1.29 is 9.18 Å². The molecule has 0 spiro atoms. The van der Waals surface area contributed by atoms with Crippen molar-refractivity contribution in [3.05, 3.63) is 27.6 Å².